The molecule has 0 bridgehead atoms. The normalized spacial score (nSPS) is 11.5. The van der Waals surface area contributed by atoms with Gasteiger partial charge < -0.3 is 19.1 Å². The van der Waals surface area contributed by atoms with Crippen molar-refractivity contribution in [2.75, 3.05) is 14.7 Å². The summed E-state index contributed by atoms with van der Waals surface area (Å²) in [6.07, 6.45) is 0. The minimum Gasteiger partial charge on any atom is -0.456 e. The minimum atomic E-state index is 0.874. The highest BCUT2D eigenvalue weighted by atomic mass is 32.1. The number of benzene rings is 11. The van der Waals surface area contributed by atoms with Crippen LogP contribution in [0.5, 0.6) is 0 Å². The molecule has 0 amide bonds. The zero-order chi connectivity index (χ0) is 45.7. The summed E-state index contributed by atoms with van der Waals surface area (Å²) in [4.78, 5) is 7.19. The van der Waals surface area contributed by atoms with E-state index < -0.39 is 0 Å². The fourth-order valence-electron chi connectivity index (χ4n) is 10.1. The van der Waals surface area contributed by atoms with Gasteiger partial charge in [-0.3, -0.25) is 0 Å². The van der Waals surface area contributed by atoms with Gasteiger partial charge in [-0.15, -0.1) is 11.3 Å². The van der Waals surface area contributed by atoms with E-state index in [0.717, 1.165) is 84.3 Å². The number of rotatable bonds is 10. The molecular formula is C64H43N3OS. The monoisotopic (exact) mass is 901 g/mol. The van der Waals surface area contributed by atoms with E-state index in [1.807, 2.05) is 11.3 Å². The standard InChI is InChI=1S/C64H43N3OS/c1-7-22-46(23-8-1)65(47-24-9-2-10-25-47)52-40-55(45-36-37-60-58(39-45)62-54-34-20-19-21-44(54)35-38-61(62)68-60)63-56(41-52)57-42-53(66(48-26-11-3-12-27-48)49-28-13-4-14-29-49)43-59(64(57)69-63)67(50-30-15-5-16-31-50)51-32-17-6-18-33-51/h1-43H. The first-order valence-electron chi connectivity index (χ1n) is 23.3. The molecule has 0 saturated carbocycles. The van der Waals surface area contributed by atoms with Gasteiger partial charge in [0.1, 0.15) is 11.2 Å². The Bertz CT molecular complexity index is 3830. The van der Waals surface area contributed by atoms with E-state index in [0.29, 0.717) is 0 Å². The average Bonchev–Trinajstić information content (AvgIpc) is 3.99. The Hall–Kier alpha value is -8.90. The van der Waals surface area contributed by atoms with E-state index in [1.54, 1.807) is 0 Å². The molecule has 2 aromatic heterocycles. The largest absolute Gasteiger partial charge is 0.456 e. The molecule has 0 radical (unpaired) electrons. The van der Waals surface area contributed by atoms with Crippen molar-refractivity contribution in [3.63, 3.8) is 0 Å². The van der Waals surface area contributed by atoms with Crippen LogP contribution in [0.4, 0.5) is 51.2 Å². The summed E-state index contributed by atoms with van der Waals surface area (Å²) in [6, 6.07) is 93.6. The molecule has 0 fully saturated rings. The van der Waals surface area contributed by atoms with Gasteiger partial charge in [-0.05, 0) is 132 Å². The number of hydrogen-bond donors (Lipinski definition) is 0. The zero-order valence-corrected chi connectivity index (χ0v) is 38.3. The van der Waals surface area contributed by atoms with Crippen molar-refractivity contribution >= 4 is 115 Å². The van der Waals surface area contributed by atoms with Crippen molar-refractivity contribution in [2.45, 2.75) is 0 Å². The molecule has 2 heterocycles. The molecule has 13 aromatic rings. The van der Waals surface area contributed by atoms with E-state index in [-0.39, 0.29) is 0 Å². The molecule has 0 N–H and O–H groups in total. The second kappa shape index (κ2) is 17.1. The van der Waals surface area contributed by atoms with Crippen molar-refractivity contribution in [1.29, 1.82) is 0 Å². The third-order valence-corrected chi connectivity index (χ3v) is 14.4. The van der Waals surface area contributed by atoms with Crippen molar-refractivity contribution in [3.8, 4) is 11.1 Å². The zero-order valence-electron chi connectivity index (χ0n) is 37.5. The maximum absolute atomic E-state index is 6.58. The highest BCUT2D eigenvalue weighted by Gasteiger charge is 2.26. The van der Waals surface area contributed by atoms with Gasteiger partial charge >= 0.3 is 0 Å². The first kappa shape index (κ1) is 40.4. The lowest BCUT2D eigenvalue weighted by molar-refractivity contribution is 0.669. The predicted octanol–water partition coefficient (Wildman–Crippen LogP) is 19.2. The summed E-state index contributed by atoms with van der Waals surface area (Å²) in [6.45, 7) is 0. The summed E-state index contributed by atoms with van der Waals surface area (Å²) in [5.41, 5.74) is 13.7. The molecule has 0 aliphatic carbocycles. The first-order valence-corrected chi connectivity index (χ1v) is 24.1. The van der Waals surface area contributed by atoms with Gasteiger partial charge in [0.25, 0.3) is 0 Å². The summed E-state index contributed by atoms with van der Waals surface area (Å²) in [5.74, 6) is 0. The molecular weight excluding hydrogens is 859 g/mol. The number of nitrogens with zero attached hydrogens (tertiary/aromatic N) is 3. The Morgan fingerprint density at radius 1 is 0.290 bits per heavy atom. The number of fused-ring (bicyclic) bond motifs is 8. The lowest BCUT2D eigenvalue weighted by Gasteiger charge is -2.30. The molecule has 326 valence electrons. The van der Waals surface area contributed by atoms with Crippen LogP contribution in [0.25, 0.3) is 64.0 Å². The quantitative estimate of drug-likeness (QED) is 0.136. The highest BCUT2D eigenvalue weighted by Crippen LogP contribution is 2.53. The highest BCUT2D eigenvalue weighted by molar-refractivity contribution is 7.27. The van der Waals surface area contributed by atoms with Crippen LogP contribution in [0.3, 0.4) is 0 Å². The van der Waals surface area contributed by atoms with Crippen LogP contribution in [0.1, 0.15) is 0 Å². The Kier molecular flexibility index (Phi) is 9.99. The second-order valence-electron chi connectivity index (χ2n) is 17.3. The van der Waals surface area contributed by atoms with Gasteiger partial charge in [0, 0.05) is 77.3 Å². The van der Waals surface area contributed by atoms with Gasteiger partial charge in [0.05, 0.1) is 10.4 Å². The SMILES string of the molecule is c1ccc(N(c2ccccc2)c2cc(-c3ccc4oc5ccc6ccccc6c5c4c3)c3sc4c(N(c5ccccc5)c5ccccc5)cc(N(c5ccccc5)c5ccccc5)cc4c3c2)cc1. The molecule has 0 aliphatic heterocycles. The Balaban J connectivity index is 1.17. The molecule has 0 unspecified atom stereocenters. The third kappa shape index (κ3) is 7.16. The van der Waals surface area contributed by atoms with Gasteiger partial charge in [-0.2, -0.15) is 0 Å². The minimum absolute atomic E-state index is 0.874. The van der Waals surface area contributed by atoms with Crippen LogP contribution >= 0.6 is 11.3 Å². The summed E-state index contributed by atoms with van der Waals surface area (Å²) in [7, 11) is 0. The Labute approximate surface area is 404 Å². The van der Waals surface area contributed by atoms with E-state index in [4.69, 9.17) is 4.42 Å². The van der Waals surface area contributed by atoms with Crippen molar-refractivity contribution in [3.05, 3.63) is 261 Å². The predicted molar refractivity (Wildman–Crippen MR) is 294 cm³/mol. The number of anilines is 9. The summed E-state index contributed by atoms with van der Waals surface area (Å²) < 4.78 is 8.98. The van der Waals surface area contributed by atoms with Gasteiger partial charge in [-0.1, -0.05) is 146 Å². The molecule has 13 rings (SSSR count). The molecule has 69 heavy (non-hydrogen) atoms. The Morgan fingerprint density at radius 3 is 1.25 bits per heavy atom. The van der Waals surface area contributed by atoms with E-state index in [2.05, 4.69) is 276 Å². The summed E-state index contributed by atoms with van der Waals surface area (Å²) >= 11 is 1.86. The first-order chi connectivity index (χ1) is 34.2. The van der Waals surface area contributed by atoms with Crippen molar-refractivity contribution in [2.24, 2.45) is 0 Å². The molecule has 0 spiro atoms. The van der Waals surface area contributed by atoms with Crippen molar-refractivity contribution in [1.82, 2.24) is 0 Å². The maximum atomic E-state index is 6.58. The van der Waals surface area contributed by atoms with E-state index in [1.165, 1.54) is 30.9 Å². The number of hydrogen-bond acceptors (Lipinski definition) is 5. The molecule has 11 aromatic carbocycles. The Morgan fingerprint density at radius 2 is 0.725 bits per heavy atom. The topological polar surface area (TPSA) is 22.9 Å². The lowest BCUT2D eigenvalue weighted by Crippen LogP contribution is -2.13. The fourth-order valence-corrected chi connectivity index (χ4v) is 11.4. The lowest BCUT2D eigenvalue weighted by atomic mass is 9.97. The average molecular weight is 902 g/mol. The van der Waals surface area contributed by atoms with Gasteiger partial charge in [-0.25, -0.2) is 0 Å². The second-order valence-corrected chi connectivity index (χ2v) is 18.3. The van der Waals surface area contributed by atoms with Gasteiger partial charge in [0.15, 0.2) is 0 Å². The van der Waals surface area contributed by atoms with Crippen LogP contribution in [0.2, 0.25) is 0 Å². The molecule has 0 aliphatic rings. The molecule has 0 atom stereocenters. The van der Waals surface area contributed by atoms with E-state index in [9.17, 15) is 0 Å². The van der Waals surface area contributed by atoms with Gasteiger partial charge in [0.2, 0.25) is 0 Å². The third-order valence-electron chi connectivity index (χ3n) is 13.1. The molecule has 5 heteroatoms. The van der Waals surface area contributed by atoms with E-state index >= 15 is 0 Å². The number of thiophene rings is 1. The van der Waals surface area contributed by atoms with Crippen LogP contribution in [0, 0.1) is 0 Å². The van der Waals surface area contributed by atoms with Crippen LogP contribution in [-0.4, -0.2) is 0 Å². The van der Waals surface area contributed by atoms with Crippen molar-refractivity contribution < 1.29 is 4.42 Å². The molecule has 4 nitrogen and oxygen atoms in total. The van der Waals surface area contributed by atoms with Crippen LogP contribution < -0.4 is 14.7 Å². The molecule has 0 saturated heterocycles. The summed E-state index contributed by atoms with van der Waals surface area (Å²) in [5, 5.41) is 6.96. The van der Waals surface area contributed by atoms with Crippen LogP contribution in [0.15, 0.2) is 265 Å². The number of para-hydroxylation sites is 6. The smallest absolute Gasteiger partial charge is 0.136 e. The number of furan rings is 1. The fraction of sp³-hybridized carbons (Fsp3) is 0. The van der Waals surface area contributed by atoms with Crippen LogP contribution in [-0.2, 0) is 0 Å². The maximum Gasteiger partial charge on any atom is 0.136 e.